The molecule has 0 bridgehead atoms. The zero-order chi connectivity index (χ0) is 13.6. The lowest BCUT2D eigenvalue weighted by atomic mass is 10.0. The summed E-state index contributed by atoms with van der Waals surface area (Å²) in [5, 5.41) is 0.206. The molecule has 1 heterocycles. The predicted molar refractivity (Wildman–Crippen MR) is 75.5 cm³/mol. The molecule has 0 aromatic heterocycles. The van der Waals surface area contributed by atoms with Gasteiger partial charge in [-0.1, -0.05) is 18.0 Å². The van der Waals surface area contributed by atoms with Gasteiger partial charge >= 0.3 is 0 Å². The molecule has 1 saturated heterocycles. The van der Waals surface area contributed by atoms with E-state index in [9.17, 15) is 8.42 Å². The number of nitrogens with two attached hydrogens (primary N) is 1. The van der Waals surface area contributed by atoms with Crippen molar-refractivity contribution in [2.45, 2.75) is 24.2 Å². The monoisotopic (exact) mass is 300 g/mol. The molecule has 2 atom stereocenters. The molecule has 1 aliphatic carbocycles. The highest BCUT2D eigenvalue weighted by atomic mass is 35.5. The second kappa shape index (κ2) is 4.65. The Bertz CT molecular complexity index is 591. The van der Waals surface area contributed by atoms with E-state index in [1.165, 1.54) is 18.6 Å². The topological polar surface area (TPSA) is 63.4 Å². The lowest BCUT2D eigenvalue weighted by Crippen LogP contribution is -2.29. The minimum absolute atomic E-state index is 0.170. The van der Waals surface area contributed by atoms with Crippen LogP contribution < -0.4 is 5.73 Å². The number of nitrogens with zero attached hydrogens (tertiary/aromatic N) is 1. The van der Waals surface area contributed by atoms with Crippen molar-refractivity contribution >= 4 is 27.3 Å². The minimum Gasteiger partial charge on any atom is -0.399 e. The van der Waals surface area contributed by atoms with E-state index in [0.717, 1.165) is 12.8 Å². The van der Waals surface area contributed by atoms with Crippen LogP contribution in [0.1, 0.15) is 19.3 Å². The first-order valence-electron chi connectivity index (χ1n) is 6.53. The lowest BCUT2D eigenvalue weighted by Gasteiger charge is -2.18. The van der Waals surface area contributed by atoms with Crippen molar-refractivity contribution in [2.24, 2.45) is 11.8 Å². The first-order valence-corrected chi connectivity index (χ1v) is 8.35. The van der Waals surface area contributed by atoms with Crippen molar-refractivity contribution in [1.29, 1.82) is 0 Å². The van der Waals surface area contributed by atoms with Crippen molar-refractivity contribution in [2.75, 3.05) is 18.8 Å². The molecule has 2 N–H and O–H groups in total. The third kappa shape index (κ3) is 2.24. The summed E-state index contributed by atoms with van der Waals surface area (Å²) in [6, 6.07) is 4.57. The quantitative estimate of drug-likeness (QED) is 0.853. The van der Waals surface area contributed by atoms with Crippen molar-refractivity contribution in [1.82, 2.24) is 4.31 Å². The summed E-state index contributed by atoms with van der Waals surface area (Å²) in [5.41, 5.74) is 6.08. The summed E-state index contributed by atoms with van der Waals surface area (Å²) < 4.78 is 26.8. The number of hydrogen-bond donors (Lipinski definition) is 1. The van der Waals surface area contributed by atoms with Gasteiger partial charge in [-0.15, -0.1) is 0 Å². The molecule has 0 radical (unpaired) electrons. The van der Waals surface area contributed by atoms with Crippen LogP contribution in [-0.4, -0.2) is 25.8 Å². The third-order valence-corrected chi connectivity index (χ3v) is 6.58. The summed E-state index contributed by atoms with van der Waals surface area (Å²) in [6.07, 6.45) is 3.52. The Morgan fingerprint density at radius 1 is 1.21 bits per heavy atom. The average molecular weight is 301 g/mol. The Morgan fingerprint density at radius 2 is 1.84 bits per heavy atom. The maximum Gasteiger partial charge on any atom is 0.244 e. The van der Waals surface area contributed by atoms with E-state index in [1.54, 1.807) is 10.4 Å². The molecule has 19 heavy (non-hydrogen) atoms. The van der Waals surface area contributed by atoms with E-state index in [2.05, 4.69) is 0 Å². The number of nitrogen functional groups attached to an aromatic ring is 1. The number of sulfonamides is 1. The highest BCUT2D eigenvalue weighted by molar-refractivity contribution is 7.89. The molecule has 4 nitrogen and oxygen atoms in total. The van der Waals surface area contributed by atoms with Crippen LogP contribution in [0.2, 0.25) is 5.02 Å². The standard InChI is InChI=1S/C13H17ClN2O2S/c14-12-6-11(15)4-5-13(12)19(17,18)16-7-9-2-1-3-10(9)8-16/h4-6,9-10H,1-3,7-8,15H2. The Labute approximate surface area is 118 Å². The molecule has 6 heteroatoms. The fourth-order valence-electron chi connectivity index (χ4n) is 3.25. The normalized spacial score (nSPS) is 27.6. The smallest absolute Gasteiger partial charge is 0.244 e. The zero-order valence-corrected chi connectivity index (χ0v) is 12.1. The van der Waals surface area contributed by atoms with Crippen LogP contribution in [0.25, 0.3) is 0 Å². The second-order valence-corrected chi connectivity index (χ2v) is 7.78. The Balaban J connectivity index is 1.91. The molecular formula is C13H17ClN2O2S. The van der Waals surface area contributed by atoms with E-state index < -0.39 is 10.0 Å². The predicted octanol–water partition coefficient (Wildman–Crippen LogP) is 2.34. The van der Waals surface area contributed by atoms with Crippen LogP contribution >= 0.6 is 11.6 Å². The van der Waals surface area contributed by atoms with Gasteiger partial charge in [0.05, 0.1) is 5.02 Å². The average Bonchev–Trinajstić information content (AvgIpc) is 2.87. The Hall–Kier alpha value is -0.780. The maximum atomic E-state index is 12.6. The van der Waals surface area contributed by atoms with Gasteiger partial charge < -0.3 is 5.73 Å². The Kier molecular flexibility index (Phi) is 3.23. The largest absolute Gasteiger partial charge is 0.399 e. The molecule has 0 amide bonds. The molecule has 1 aromatic carbocycles. The van der Waals surface area contributed by atoms with Gasteiger partial charge in [-0.3, -0.25) is 0 Å². The van der Waals surface area contributed by atoms with E-state index in [1.807, 2.05) is 0 Å². The highest BCUT2D eigenvalue weighted by Gasteiger charge is 2.41. The van der Waals surface area contributed by atoms with E-state index in [-0.39, 0.29) is 9.92 Å². The van der Waals surface area contributed by atoms with E-state index in [0.29, 0.717) is 30.6 Å². The van der Waals surface area contributed by atoms with Crippen LogP contribution in [0.4, 0.5) is 5.69 Å². The van der Waals surface area contributed by atoms with Gasteiger partial charge in [0.1, 0.15) is 4.90 Å². The second-order valence-electron chi connectivity index (χ2n) is 5.46. The van der Waals surface area contributed by atoms with Gasteiger partial charge in [-0.25, -0.2) is 8.42 Å². The van der Waals surface area contributed by atoms with Gasteiger partial charge in [0.25, 0.3) is 0 Å². The molecule has 0 spiro atoms. The molecule has 3 rings (SSSR count). The SMILES string of the molecule is Nc1ccc(S(=O)(=O)N2CC3CCCC3C2)c(Cl)c1. The van der Waals surface area contributed by atoms with Gasteiger partial charge in [-0.2, -0.15) is 4.31 Å². The Morgan fingerprint density at radius 3 is 2.42 bits per heavy atom. The van der Waals surface area contributed by atoms with Crippen molar-refractivity contribution in [3.8, 4) is 0 Å². The van der Waals surface area contributed by atoms with Gasteiger partial charge in [0.2, 0.25) is 10.0 Å². The number of anilines is 1. The van der Waals surface area contributed by atoms with Crippen LogP contribution in [0.15, 0.2) is 23.1 Å². The highest BCUT2D eigenvalue weighted by Crippen LogP contribution is 2.40. The number of fused-ring (bicyclic) bond motifs is 1. The zero-order valence-electron chi connectivity index (χ0n) is 10.5. The fourth-order valence-corrected chi connectivity index (χ4v) is 5.33. The number of hydrogen-bond acceptors (Lipinski definition) is 3. The summed E-state index contributed by atoms with van der Waals surface area (Å²) in [7, 11) is -3.48. The van der Waals surface area contributed by atoms with Crippen LogP contribution in [-0.2, 0) is 10.0 Å². The summed E-state index contributed by atoms with van der Waals surface area (Å²) in [5.74, 6) is 1.06. The lowest BCUT2D eigenvalue weighted by molar-refractivity contribution is 0.445. The minimum atomic E-state index is -3.48. The first kappa shape index (κ1) is 13.2. The summed E-state index contributed by atoms with van der Waals surface area (Å²) in [4.78, 5) is 0.170. The van der Waals surface area contributed by atoms with Crippen LogP contribution in [0.3, 0.4) is 0 Å². The molecular weight excluding hydrogens is 284 g/mol. The van der Waals surface area contributed by atoms with Gasteiger partial charge in [0.15, 0.2) is 0 Å². The summed E-state index contributed by atoms with van der Waals surface area (Å²) in [6.45, 7) is 1.27. The van der Waals surface area contributed by atoms with E-state index >= 15 is 0 Å². The molecule has 2 fully saturated rings. The van der Waals surface area contributed by atoms with Crippen LogP contribution in [0.5, 0.6) is 0 Å². The molecule has 1 aromatic rings. The van der Waals surface area contributed by atoms with Crippen molar-refractivity contribution < 1.29 is 8.42 Å². The number of rotatable bonds is 2. The molecule has 1 saturated carbocycles. The van der Waals surface area contributed by atoms with Crippen molar-refractivity contribution in [3.05, 3.63) is 23.2 Å². The number of halogens is 1. The fraction of sp³-hybridized carbons (Fsp3) is 0.538. The molecule has 2 aliphatic rings. The maximum absolute atomic E-state index is 12.6. The molecule has 104 valence electrons. The first-order chi connectivity index (χ1) is 8.98. The number of benzene rings is 1. The molecule has 2 unspecified atom stereocenters. The van der Waals surface area contributed by atoms with Gasteiger partial charge in [0, 0.05) is 18.8 Å². The van der Waals surface area contributed by atoms with Crippen molar-refractivity contribution in [3.63, 3.8) is 0 Å². The summed E-state index contributed by atoms with van der Waals surface area (Å²) >= 11 is 6.03. The van der Waals surface area contributed by atoms with E-state index in [4.69, 9.17) is 17.3 Å². The third-order valence-electron chi connectivity index (χ3n) is 4.27. The van der Waals surface area contributed by atoms with Gasteiger partial charge in [-0.05, 0) is 42.9 Å². The molecule has 1 aliphatic heterocycles. The van der Waals surface area contributed by atoms with Crippen LogP contribution in [0, 0.1) is 11.8 Å².